The van der Waals surface area contributed by atoms with Gasteiger partial charge in [-0.2, -0.15) is 0 Å². The molecule has 0 spiro atoms. The number of nitrogens with one attached hydrogen (secondary N) is 1. The summed E-state index contributed by atoms with van der Waals surface area (Å²) in [5, 5.41) is 7.92. The number of thiocarbonyl (C=S) groups is 1. The van der Waals surface area contributed by atoms with Gasteiger partial charge in [0.05, 0.1) is 4.70 Å². The van der Waals surface area contributed by atoms with E-state index in [0.29, 0.717) is 5.11 Å². The summed E-state index contributed by atoms with van der Waals surface area (Å²) in [5.74, 6) is 0. The first-order valence-electron chi connectivity index (χ1n) is 6.06. The summed E-state index contributed by atoms with van der Waals surface area (Å²) in [5.41, 5.74) is 2.84. The SMILES string of the molecule is CN(C(=S)Nc1ccc2snnc2c1)c1ccccc1. The Kier molecular flexibility index (Phi) is 3.58. The van der Waals surface area contributed by atoms with Crippen molar-refractivity contribution in [3.63, 3.8) is 0 Å². The average Bonchev–Trinajstić information content (AvgIpc) is 2.95. The fourth-order valence-corrected chi connectivity index (χ4v) is 2.60. The Bertz CT molecular complexity index is 739. The summed E-state index contributed by atoms with van der Waals surface area (Å²) < 4.78 is 4.99. The van der Waals surface area contributed by atoms with Crippen molar-refractivity contribution in [1.82, 2.24) is 9.59 Å². The average molecular weight is 300 g/mol. The zero-order chi connectivity index (χ0) is 13.9. The molecule has 0 radical (unpaired) electrons. The Morgan fingerprint density at radius 1 is 1.20 bits per heavy atom. The first-order valence-corrected chi connectivity index (χ1v) is 7.24. The Labute approximate surface area is 126 Å². The summed E-state index contributed by atoms with van der Waals surface area (Å²) in [4.78, 5) is 1.93. The zero-order valence-corrected chi connectivity index (χ0v) is 12.4. The van der Waals surface area contributed by atoms with Gasteiger partial charge in [-0.3, -0.25) is 0 Å². The van der Waals surface area contributed by atoms with Crippen LogP contribution in [0.15, 0.2) is 48.5 Å². The molecule has 4 nitrogen and oxygen atoms in total. The number of hydrogen-bond acceptors (Lipinski definition) is 4. The van der Waals surface area contributed by atoms with Crippen molar-refractivity contribution in [3.8, 4) is 0 Å². The maximum absolute atomic E-state index is 5.42. The second-order valence-electron chi connectivity index (χ2n) is 4.28. The minimum atomic E-state index is 0.638. The summed E-state index contributed by atoms with van der Waals surface area (Å²) >= 11 is 6.81. The number of hydrogen-bond donors (Lipinski definition) is 1. The van der Waals surface area contributed by atoms with Gasteiger partial charge in [0.1, 0.15) is 5.52 Å². The molecular formula is C14H12N4S2. The van der Waals surface area contributed by atoms with E-state index in [9.17, 15) is 0 Å². The Morgan fingerprint density at radius 3 is 2.80 bits per heavy atom. The van der Waals surface area contributed by atoms with Gasteiger partial charge in [0, 0.05) is 18.4 Å². The van der Waals surface area contributed by atoms with Crippen LogP contribution in [0.25, 0.3) is 10.2 Å². The highest BCUT2D eigenvalue weighted by Gasteiger charge is 2.07. The molecule has 100 valence electrons. The molecular weight excluding hydrogens is 288 g/mol. The number of nitrogens with zero attached hydrogens (tertiary/aromatic N) is 3. The van der Waals surface area contributed by atoms with Crippen LogP contribution in [0.3, 0.4) is 0 Å². The summed E-state index contributed by atoms with van der Waals surface area (Å²) in [7, 11) is 1.94. The van der Waals surface area contributed by atoms with E-state index in [1.807, 2.05) is 60.5 Å². The molecule has 0 aliphatic heterocycles. The molecule has 0 aliphatic carbocycles. The van der Waals surface area contributed by atoms with Crippen LogP contribution in [0, 0.1) is 0 Å². The topological polar surface area (TPSA) is 41.0 Å². The molecule has 20 heavy (non-hydrogen) atoms. The highest BCUT2D eigenvalue weighted by Crippen LogP contribution is 2.20. The van der Waals surface area contributed by atoms with Gasteiger partial charge >= 0.3 is 0 Å². The van der Waals surface area contributed by atoms with Crippen molar-refractivity contribution in [3.05, 3.63) is 48.5 Å². The lowest BCUT2D eigenvalue weighted by Gasteiger charge is -2.21. The second-order valence-corrected chi connectivity index (χ2v) is 5.45. The third-order valence-electron chi connectivity index (χ3n) is 2.95. The maximum atomic E-state index is 5.42. The number of fused-ring (bicyclic) bond motifs is 1. The van der Waals surface area contributed by atoms with E-state index < -0.39 is 0 Å². The van der Waals surface area contributed by atoms with Gasteiger partial charge in [-0.05, 0) is 54.1 Å². The monoisotopic (exact) mass is 300 g/mol. The quantitative estimate of drug-likeness (QED) is 0.733. The fourth-order valence-electron chi connectivity index (χ4n) is 1.84. The first kappa shape index (κ1) is 13.0. The number of anilines is 2. The number of aromatic nitrogens is 2. The smallest absolute Gasteiger partial charge is 0.177 e. The largest absolute Gasteiger partial charge is 0.332 e. The van der Waals surface area contributed by atoms with Crippen molar-refractivity contribution in [2.45, 2.75) is 0 Å². The lowest BCUT2D eigenvalue weighted by molar-refractivity contribution is 1.20. The van der Waals surface area contributed by atoms with Crippen LogP contribution in [-0.2, 0) is 0 Å². The Balaban J connectivity index is 1.78. The van der Waals surface area contributed by atoms with Crippen LogP contribution in [0.2, 0.25) is 0 Å². The molecule has 0 aliphatic rings. The predicted octanol–water partition coefficient (Wildman–Crippen LogP) is 3.52. The molecule has 3 aromatic rings. The lowest BCUT2D eigenvalue weighted by Crippen LogP contribution is -2.30. The van der Waals surface area contributed by atoms with Gasteiger partial charge in [-0.25, -0.2) is 0 Å². The van der Waals surface area contributed by atoms with Gasteiger partial charge < -0.3 is 10.2 Å². The first-order chi connectivity index (χ1) is 9.74. The van der Waals surface area contributed by atoms with Gasteiger partial charge in [-0.1, -0.05) is 22.7 Å². The molecule has 1 N–H and O–H groups in total. The Morgan fingerprint density at radius 2 is 2.00 bits per heavy atom. The summed E-state index contributed by atoms with van der Waals surface area (Å²) in [6.45, 7) is 0. The van der Waals surface area contributed by atoms with Gasteiger partial charge in [0.25, 0.3) is 0 Å². The zero-order valence-electron chi connectivity index (χ0n) is 10.8. The Hall–Kier alpha value is -2.05. The van der Waals surface area contributed by atoms with Crippen LogP contribution in [0.1, 0.15) is 0 Å². The minimum absolute atomic E-state index is 0.638. The molecule has 6 heteroatoms. The van der Waals surface area contributed by atoms with Crippen LogP contribution in [-0.4, -0.2) is 21.7 Å². The molecule has 0 fully saturated rings. The second kappa shape index (κ2) is 5.52. The fraction of sp³-hybridized carbons (Fsp3) is 0.0714. The molecule has 1 aromatic heterocycles. The highest BCUT2D eigenvalue weighted by atomic mass is 32.1. The van der Waals surface area contributed by atoms with E-state index >= 15 is 0 Å². The van der Waals surface area contributed by atoms with Crippen LogP contribution in [0.5, 0.6) is 0 Å². The molecule has 0 amide bonds. The number of para-hydroxylation sites is 1. The third-order valence-corrected chi connectivity index (χ3v) is 4.03. The molecule has 3 rings (SSSR count). The van der Waals surface area contributed by atoms with Crippen LogP contribution < -0.4 is 10.2 Å². The number of benzene rings is 2. The summed E-state index contributed by atoms with van der Waals surface area (Å²) in [6.07, 6.45) is 0. The molecule has 0 unspecified atom stereocenters. The predicted molar refractivity (Wildman–Crippen MR) is 88.5 cm³/mol. The molecule has 0 atom stereocenters. The molecule has 1 heterocycles. The molecule has 2 aromatic carbocycles. The normalized spacial score (nSPS) is 10.4. The van der Waals surface area contributed by atoms with Gasteiger partial charge in [-0.15, -0.1) is 5.10 Å². The minimum Gasteiger partial charge on any atom is -0.332 e. The molecule has 0 saturated heterocycles. The molecule has 0 saturated carbocycles. The summed E-state index contributed by atoms with van der Waals surface area (Å²) in [6, 6.07) is 15.9. The highest BCUT2D eigenvalue weighted by molar-refractivity contribution is 7.80. The van der Waals surface area contributed by atoms with Crippen molar-refractivity contribution in [2.24, 2.45) is 0 Å². The van der Waals surface area contributed by atoms with E-state index in [4.69, 9.17) is 12.2 Å². The van der Waals surface area contributed by atoms with Crippen LogP contribution >= 0.6 is 23.8 Å². The van der Waals surface area contributed by atoms with E-state index in [1.54, 1.807) is 0 Å². The standard InChI is InChI=1S/C14H12N4S2/c1-18(11-5-3-2-4-6-11)14(19)15-10-7-8-13-12(9-10)16-17-20-13/h2-9H,1H3,(H,15,19). The van der Waals surface area contributed by atoms with E-state index in [2.05, 4.69) is 14.9 Å². The van der Waals surface area contributed by atoms with Gasteiger partial charge in [0.15, 0.2) is 5.11 Å². The van der Waals surface area contributed by atoms with E-state index in [0.717, 1.165) is 21.6 Å². The maximum Gasteiger partial charge on any atom is 0.177 e. The van der Waals surface area contributed by atoms with Crippen molar-refractivity contribution >= 4 is 50.5 Å². The van der Waals surface area contributed by atoms with E-state index in [-0.39, 0.29) is 0 Å². The van der Waals surface area contributed by atoms with E-state index in [1.165, 1.54) is 11.5 Å². The van der Waals surface area contributed by atoms with Crippen molar-refractivity contribution < 1.29 is 0 Å². The molecule has 0 bridgehead atoms. The van der Waals surface area contributed by atoms with Crippen LogP contribution in [0.4, 0.5) is 11.4 Å². The lowest BCUT2D eigenvalue weighted by atomic mass is 10.3. The van der Waals surface area contributed by atoms with Gasteiger partial charge in [0.2, 0.25) is 0 Å². The number of rotatable bonds is 2. The van der Waals surface area contributed by atoms with Crippen molar-refractivity contribution in [2.75, 3.05) is 17.3 Å². The third kappa shape index (κ3) is 2.61. The van der Waals surface area contributed by atoms with Crippen molar-refractivity contribution in [1.29, 1.82) is 0 Å².